The maximum absolute atomic E-state index is 12.7. The minimum Gasteiger partial charge on any atom is -0.497 e. The summed E-state index contributed by atoms with van der Waals surface area (Å²) in [5, 5.41) is 10.7. The number of hydrazone groups is 1. The molecule has 3 aromatic rings. The number of methoxy groups -OCH3 is 1. The van der Waals surface area contributed by atoms with Gasteiger partial charge in [0.25, 0.3) is 11.8 Å². The SMILES string of the molecule is COc1ccc(C(=O)Nc2ccc(SC(C)C(=O)NC3=NN(c4ccccc4)C(=O)C3)cc2)cc1. The first kappa shape index (κ1) is 24.0. The van der Waals surface area contributed by atoms with E-state index in [1.54, 1.807) is 62.6 Å². The van der Waals surface area contributed by atoms with Crippen molar-refractivity contribution in [2.75, 3.05) is 17.4 Å². The number of amides is 3. The lowest BCUT2D eigenvalue weighted by atomic mass is 10.2. The molecule has 1 aliphatic rings. The van der Waals surface area contributed by atoms with Gasteiger partial charge in [-0.2, -0.15) is 10.1 Å². The zero-order valence-corrected chi connectivity index (χ0v) is 20.0. The predicted octanol–water partition coefficient (Wildman–Crippen LogP) is 4.29. The third-order valence-electron chi connectivity index (χ3n) is 5.19. The summed E-state index contributed by atoms with van der Waals surface area (Å²) in [5.74, 6) is 0.346. The summed E-state index contributed by atoms with van der Waals surface area (Å²) in [5.41, 5.74) is 1.82. The molecule has 0 bridgehead atoms. The van der Waals surface area contributed by atoms with Gasteiger partial charge in [-0.1, -0.05) is 18.2 Å². The molecule has 0 radical (unpaired) electrons. The molecule has 35 heavy (non-hydrogen) atoms. The molecule has 1 unspecified atom stereocenters. The van der Waals surface area contributed by atoms with Gasteiger partial charge in [-0.3, -0.25) is 14.4 Å². The van der Waals surface area contributed by atoms with Crippen molar-refractivity contribution in [3.8, 4) is 5.75 Å². The number of carbonyl (C=O) groups excluding carboxylic acids is 3. The lowest BCUT2D eigenvalue weighted by Crippen LogP contribution is -2.35. The average Bonchev–Trinajstić information content (AvgIpc) is 3.25. The van der Waals surface area contributed by atoms with E-state index >= 15 is 0 Å². The van der Waals surface area contributed by atoms with Crippen LogP contribution in [-0.2, 0) is 9.59 Å². The van der Waals surface area contributed by atoms with Gasteiger partial charge in [0.2, 0.25) is 5.91 Å². The minimum atomic E-state index is -0.418. The van der Waals surface area contributed by atoms with Gasteiger partial charge in [-0.25, -0.2) is 0 Å². The molecule has 2 N–H and O–H groups in total. The van der Waals surface area contributed by atoms with E-state index < -0.39 is 5.25 Å². The van der Waals surface area contributed by atoms with Gasteiger partial charge >= 0.3 is 0 Å². The number of nitrogens with zero attached hydrogens (tertiary/aromatic N) is 2. The fraction of sp³-hybridized carbons (Fsp3) is 0.154. The van der Waals surface area contributed by atoms with Crippen LogP contribution in [0, 0.1) is 0 Å². The zero-order chi connectivity index (χ0) is 24.8. The normalized spacial score (nSPS) is 13.7. The quantitative estimate of drug-likeness (QED) is 0.483. The lowest BCUT2D eigenvalue weighted by Gasteiger charge is -2.12. The Balaban J connectivity index is 1.30. The molecule has 3 aromatic carbocycles. The van der Waals surface area contributed by atoms with Crippen molar-refractivity contribution in [3.05, 3.63) is 84.4 Å². The van der Waals surface area contributed by atoms with E-state index in [-0.39, 0.29) is 24.1 Å². The third kappa shape index (κ3) is 6.07. The first-order valence-corrected chi connectivity index (χ1v) is 11.8. The van der Waals surface area contributed by atoms with Crippen LogP contribution in [0.2, 0.25) is 0 Å². The fourth-order valence-electron chi connectivity index (χ4n) is 3.33. The Morgan fingerprint density at radius 3 is 2.31 bits per heavy atom. The van der Waals surface area contributed by atoms with Crippen molar-refractivity contribution in [2.24, 2.45) is 5.10 Å². The van der Waals surface area contributed by atoms with E-state index in [1.165, 1.54) is 16.8 Å². The number of hydrogen-bond acceptors (Lipinski definition) is 6. The van der Waals surface area contributed by atoms with Gasteiger partial charge in [0.05, 0.1) is 24.5 Å². The molecule has 0 spiro atoms. The van der Waals surface area contributed by atoms with Gasteiger partial charge in [-0.05, 0) is 67.6 Å². The highest BCUT2D eigenvalue weighted by molar-refractivity contribution is 8.00. The average molecular weight is 489 g/mol. The summed E-state index contributed by atoms with van der Waals surface area (Å²) in [4.78, 5) is 38.2. The van der Waals surface area contributed by atoms with Crippen LogP contribution in [0.4, 0.5) is 11.4 Å². The standard InChI is InChI=1S/C26H24N4O4S/c1-17(25(32)28-23-16-24(31)30(29-23)20-6-4-3-5-7-20)35-22-14-10-19(11-15-22)27-26(33)18-8-12-21(34-2)13-9-18/h3-15,17H,16H2,1-2H3,(H,27,33)(H,28,29,32). The number of para-hydroxylation sites is 1. The van der Waals surface area contributed by atoms with Crippen LogP contribution < -0.4 is 20.4 Å². The monoisotopic (exact) mass is 488 g/mol. The number of hydrogen-bond donors (Lipinski definition) is 2. The molecule has 0 aliphatic carbocycles. The molecule has 9 heteroatoms. The van der Waals surface area contributed by atoms with Crippen LogP contribution in [0.25, 0.3) is 0 Å². The number of carbonyl (C=O) groups is 3. The maximum Gasteiger partial charge on any atom is 0.255 e. The molecule has 0 saturated carbocycles. The summed E-state index contributed by atoms with van der Waals surface area (Å²) < 4.78 is 5.11. The molecule has 1 heterocycles. The molecule has 0 fully saturated rings. The molecular weight excluding hydrogens is 464 g/mol. The molecule has 178 valence electrons. The summed E-state index contributed by atoms with van der Waals surface area (Å²) in [6.07, 6.45) is 0.0423. The molecule has 1 atom stereocenters. The van der Waals surface area contributed by atoms with Gasteiger partial charge in [-0.15, -0.1) is 11.8 Å². The van der Waals surface area contributed by atoms with Gasteiger partial charge in [0.1, 0.15) is 11.6 Å². The number of nitrogens with one attached hydrogen (secondary N) is 2. The maximum atomic E-state index is 12.7. The lowest BCUT2D eigenvalue weighted by molar-refractivity contribution is -0.118. The zero-order valence-electron chi connectivity index (χ0n) is 19.2. The van der Waals surface area contributed by atoms with Crippen molar-refractivity contribution in [1.82, 2.24) is 5.32 Å². The van der Waals surface area contributed by atoms with Crippen molar-refractivity contribution in [3.63, 3.8) is 0 Å². The Hall–Kier alpha value is -4.11. The molecular formula is C26H24N4O4S. The summed E-state index contributed by atoms with van der Waals surface area (Å²) >= 11 is 1.37. The highest BCUT2D eigenvalue weighted by Crippen LogP contribution is 2.26. The van der Waals surface area contributed by atoms with Crippen LogP contribution in [0.15, 0.2) is 88.9 Å². The van der Waals surface area contributed by atoms with Crippen LogP contribution in [-0.4, -0.2) is 35.9 Å². The van der Waals surface area contributed by atoms with E-state index in [0.29, 0.717) is 28.5 Å². The third-order valence-corrected chi connectivity index (χ3v) is 6.30. The van der Waals surface area contributed by atoms with E-state index in [1.807, 2.05) is 30.3 Å². The molecule has 8 nitrogen and oxygen atoms in total. The Labute approximate surface area is 207 Å². The number of thioether (sulfide) groups is 1. The highest BCUT2D eigenvalue weighted by atomic mass is 32.2. The smallest absolute Gasteiger partial charge is 0.255 e. The summed E-state index contributed by atoms with van der Waals surface area (Å²) in [6.45, 7) is 1.78. The van der Waals surface area contributed by atoms with Crippen molar-refractivity contribution in [2.45, 2.75) is 23.5 Å². The Kier molecular flexibility index (Phi) is 7.47. The molecule has 3 amide bonds. The fourth-order valence-corrected chi connectivity index (χ4v) is 4.20. The van der Waals surface area contributed by atoms with Crippen LogP contribution in [0.3, 0.4) is 0 Å². The van der Waals surface area contributed by atoms with Gasteiger partial charge < -0.3 is 15.4 Å². The number of benzene rings is 3. The molecule has 4 rings (SSSR count). The number of ether oxygens (including phenoxy) is 1. The van der Waals surface area contributed by atoms with Crippen LogP contribution in [0.1, 0.15) is 23.7 Å². The predicted molar refractivity (Wildman–Crippen MR) is 137 cm³/mol. The first-order valence-electron chi connectivity index (χ1n) is 10.9. The van der Waals surface area contributed by atoms with E-state index in [2.05, 4.69) is 15.7 Å². The van der Waals surface area contributed by atoms with Crippen molar-refractivity contribution >= 4 is 46.7 Å². The van der Waals surface area contributed by atoms with E-state index in [4.69, 9.17) is 4.74 Å². The second kappa shape index (κ2) is 10.9. The topological polar surface area (TPSA) is 100 Å². The largest absolute Gasteiger partial charge is 0.497 e. The van der Waals surface area contributed by atoms with Crippen LogP contribution in [0.5, 0.6) is 5.75 Å². The van der Waals surface area contributed by atoms with Crippen molar-refractivity contribution in [1.29, 1.82) is 0 Å². The summed E-state index contributed by atoms with van der Waals surface area (Å²) in [6, 6.07) is 23.2. The van der Waals surface area contributed by atoms with Crippen LogP contribution >= 0.6 is 11.8 Å². The van der Waals surface area contributed by atoms with Gasteiger partial charge in [0.15, 0.2) is 0 Å². The molecule has 0 aromatic heterocycles. The summed E-state index contributed by atoms with van der Waals surface area (Å²) in [7, 11) is 1.57. The minimum absolute atomic E-state index is 0.0423. The second-order valence-corrected chi connectivity index (χ2v) is 9.14. The second-order valence-electron chi connectivity index (χ2n) is 7.72. The molecule has 0 saturated heterocycles. The Morgan fingerprint density at radius 1 is 0.971 bits per heavy atom. The van der Waals surface area contributed by atoms with E-state index in [0.717, 1.165) is 4.90 Å². The van der Waals surface area contributed by atoms with Gasteiger partial charge in [0, 0.05) is 16.1 Å². The number of amidine groups is 1. The molecule has 1 aliphatic heterocycles. The van der Waals surface area contributed by atoms with E-state index in [9.17, 15) is 14.4 Å². The number of rotatable bonds is 7. The van der Waals surface area contributed by atoms with Crippen molar-refractivity contribution < 1.29 is 19.1 Å². The highest BCUT2D eigenvalue weighted by Gasteiger charge is 2.27. The Morgan fingerprint density at radius 2 is 1.66 bits per heavy atom. The number of anilines is 2. The first-order chi connectivity index (χ1) is 16.9. The Bertz CT molecular complexity index is 1240.